The lowest BCUT2D eigenvalue weighted by molar-refractivity contribution is -0.289. The van der Waals surface area contributed by atoms with Crippen molar-refractivity contribution in [2.75, 3.05) is 0 Å². The van der Waals surface area contributed by atoms with E-state index in [1.807, 2.05) is 4.98 Å². The van der Waals surface area contributed by atoms with Crippen molar-refractivity contribution in [3.05, 3.63) is 33.1 Å². The van der Waals surface area contributed by atoms with E-state index >= 15 is 0 Å². The number of aromatic amines is 1. The third-order valence-corrected chi connectivity index (χ3v) is 3.86. The Morgan fingerprint density at radius 2 is 2.15 bits per heavy atom. The number of nitrogens with one attached hydrogen (secondary N) is 1. The fourth-order valence-electron chi connectivity index (χ4n) is 2.70. The zero-order valence-electron chi connectivity index (χ0n) is 11.0. The molecule has 1 aromatic rings. The van der Waals surface area contributed by atoms with Crippen LogP contribution < -0.4 is 11.2 Å². The van der Waals surface area contributed by atoms with Crippen LogP contribution in [0.4, 0.5) is 13.2 Å². The van der Waals surface area contributed by atoms with Gasteiger partial charge in [-0.25, -0.2) is 4.79 Å². The van der Waals surface area contributed by atoms with Crippen LogP contribution in [0.5, 0.6) is 0 Å². The van der Waals surface area contributed by atoms with Crippen LogP contribution in [-0.2, 0) is 4.74 Å². The number of nitrogens with zero attached hydrogens (tertiary/aromatic N) is 1. The molecular formula is C12H15F3N2O3. The zero-order valence-corrected chi connectivity index (χ0v) is 11.0. The molecule has 0 aliphatic carbocycles. The van der Waals surface area contributed by atoms with Gasteiger partial charge in [-0.05, 0) is 18.8 Å². The molecule has 8 heteroatoms. The van der Waals surface area contributed by atoms with Crippen LogP contribution in [0.1, 0.15) is 32.9 Å². The molecule has 1 aliphatic heterocycles. The third kappa shape index (κ3) is 2.17. The van der Waals surface area contributed by atoms with Gasteiger partial charge in [-0.15, -0.1) is 0 Å². The van der Waals surface area contributed by atoms with Crippen molar-refractivity contribution in [1.82, 2.24) is 9.55 Å². The molecule has 0 amide bonds. The van der Waals surface area contributed by atoms with Gasteiger partial charge in [0.1, 0.15) is 6.23 Å². The van der Waals surface area contributed by atoms with Crippen molar-refractivity contribution in [3.8, 4) is 0 Å². The van der Waals surface area contributed by atoms with E-state index in [2.05, 4.69) is 0 Å². The smallest absolute Gasteiger partial charge is 0.342 e. The number of hydrogen-bond donors (Lipinski definition) is 1. The second-order valence-corrected chi connectivity index (χ2v) is 4.97. The first kappa shape index (κ1) is 14.8. The summed E-state index contributed by atoms with van der Waals surface area (Å²) in [5.74, 6) is -0.781. The second kappa shape index (κ2) is 4.76. The molecule has 0 aromatic carbocycles. The molecule has 2 heterocycles. The summed E-state index contributed by atoms with van der Waals surface area (Å²) in [7, 11) is 0. The van der Waals surface area contributed by atoms with Crippen molar-refractivity contribution in [2.45, 2.75) is 44.7 Å². The average molecular weight is 292 g/mol. The Balaban J connectivity index is 2.40. The highest BCUT2D eigenvalue weighted by Gasteiger charge is 2.62. The van der Waals surface area contributed by atoms with Crippen molar-refractivity contribution < 1.29 is 17.9 Å². The molecule has 1 aliphatic rings. The number of H-pyrrole nitrogens is 1. The molecule has 2 rings (SSSR count). The minimum atomic E-state index is -4.51. The van der Waals surface area contributed by atoms with Crippen LogP contribution in [0.15, 0.2) is 21.9 Å². The van der Waals surface area contributed by atoms with Gasteiger partial charge in [0.15, 0.2) is 5.60 Å². The van der Waals surface area contributed by atoms with Crippen molar-refractivity contribution in [3.63, 3.8) is 0 Å². The topological polar surface area (TPSA) is 64.1 Å². The number of hydrogen-bond acceptors (Lipinski definition) is 3. The maximum absolute atomic E-state index is 13.3. The van der Waals surface area contributed by atoms with E-state index in [4.69, 9.17) is 4.74 Å². The molecule has 20 heavy (non-hydrogen) atoms. The monoisotopic (exact) mass is 292 g/mol. The molecule has 0 radical (unpaired) electrons. The maximum atomic E-state index is 13.3. The van der Waals surface area contributed by atoms with Gasteiger partial charge < -0.3 is 4.74 Å². The van der Waals surface area contributed by atoms with Gasteiger partial charge in [-0.2, -0.15) is 13.2 Å². The first-order valence-corrected chi connectivity index (χ1v) is 6.27. The van der Waals surface area contributed by atoms with E-state index in [0.29, 0.717) is 0 Å². The van der Waals surface area contributed by atoms with Crippen LogP contribution in [0, 0.1) is 5.92 Å². The van der Waals surface area contributed by atoms with Gasteiger partial charge in [0.05, 0.1) is 0 Å². The van der Waals surface area contributed by atoms with Crippen molar-refractivity contribution in [1.29, 1.82) is 0 Å². The van der Waals surface area contributed by atoms with E-state index in [-0.39, 0.29) is 12.8 Å². The molecule has 1 fully saturated rings. The average Bonchev–Trinajstić information content (AvgIpc) is 2.66. The predicted molar refractivity (Wildman–Crippen MR) is 64.3 cm³/mol. The van der Waals surface area contributed by atoms with E-state index in [1.165, 1.54) is 13.8 Å². The standard InChI is InChI=1S/C12H15F3N2O3/c1-3-11(12(13,14)15)7(2)6-9(20-11)17-5-4-8(18)16-10(17)19/h4-5,7,9H,3,6H2,1-2H3,(H,16,18,19)/t7-,9+,11+/m0/s1. The summed E-state index contributed by atoms with van der Waals surface area (Å²) in [5.41, 5.74) is -3.63. The summed E-state index contributed by atoms with van der Waals surface area (Å²) < 4.78 is 45.9. The molecule has 1 saturated heterocycles. The van der Waals surface area contributed by atoms with Crippen LogP contribution in [0.2, 0.25) is 0 Å². The van der Waals surface area contributed by atoms with E-state index in [1.54, 1.807) is 0 Å². The quantitative estimate of drug-likeness (QED) is 0.904. The fraction of sp³-hybridized carbons (Fsp3) is 0.667. The lowest BCUT2D eigenvalue weighted by Gasteiger charge is -2.34. The molecule has 3 atom stereocenters. The zero-order chi connectivity index (χ0) is 15.1. The Morgan fingerprint density at radius 3 is 2.60 bits per heavy atom. The molecule has 1 N–H and O–H groups in total. The lowest BCUT2D eigenvalue weighted by atomic mass is 9.86. The number of halogens is 3. The Bertz CT molecular complexity index is 607. The van der Waals surface area contributed by atoms with Crippen molar-refractivity contribution >= 4 is 0 Å². The highest BCUT2D eigenvalue weighted by atomic mass is 19.4. The number of rotatable bonds is 2. The summed E-state index contributed by atoms with van der Waals surface area (Å²) in [6.45, 7) is 2.86. The van der Waals surface area contributed by atoms with Gasteiger partial charge in [0.2, 0.25) is 0 Å². The highest BCUT2D eigenvalue weighted by Crippen LogP contribution is 2.51. The van der Waals surface area contributed by atoms with Gasteiger partial charge in [-0.3, -0.25) is 14.3 Å². The molecule has 5 nitrogen and oxygen atoms in total. The lowest BCUT2D eigenvalue weighted by Crippen LogP contribution is -2.48. The Hall–Kier alpha value is -1.57. The van der Waals surface area contributed by atoms with Crippen LogP contribution in [-0.4, -0.2) is 21.3 Å². The van der Waals surface area contributed by atoms with Gasteiger partial charge in [-0.1, -0.05) is 13.8 Å². The summed E-state index contributed by atoms with van der Waals surface area (Å²) in [4.78, 5) is 24.6. The largest absolute Gasteiger partial charge is 0.417 e. The minimum Gasteiger partial charge on any atom is -0.342 e. The Labute approximate surface area is 112 Å². The number of alkyl halides is 3. The molecule has 0 unspecified atom stereocenters. The summed E-state index contributed by atoms with van der Waals surface area (Å²) >= 11 is 0. The van der Waals surface area contributed by atoms with Gasteiger partial charge in [0, 0.05) is 12.3 Å². The second-order valence-electron chi connectivity index (χ2n) is 4.97. The van der Waals surface area contributed by atoms with Gasteiger partial charge in [0.25, 0.3) is 5.56 Å². The molecule has 0 spiro atoms. The normalized spacial score (nSPS) is 30.6. The van der Waals surface area contributed by atoms with E-state index in [9.17, 15) is 22.8 Å². The molecule has 1 aromatic heterocycles. The SMILES string of the molecule is CC[C@@]1(C(F)(F)F)O[C@@H](n2ccc(=O)[nH]c2=O)C[C@@H]1C. The van der Waals surface area contributed by atoms with E-state index in [0.717, 1.165) is 16.8 Å². The number of ether oxygens (including phenoxy) is 1. The summed E-state index contributed by atoms with van der Waals surface area (Å²) in [5, 5.41) is 0. The van der Waals surface area contributed by atoms with Crippen LogP contribution in [0.3, 0.4) is 0 Å². The van der Waals surface area contributed by atoms with E-state index < -0.39 is 35.2 Å². The minimum absolute atomic E-state index is 0.0549. The van der Waals surface area contributed by atoms with Crippen LogP contribution in [0.25, 0.3) is 0 Å². The Morgan fingerprint density at radius 1 is 1.50 bits per heavy atom. The third-order valence-electron chi connectivity index (χ3n) is 3.86. The summed E-state index contributed by atoms with van der Waals surface area (Å²) in [6, 6.07) is 1.08. The van der Waals surface area contributed by atoms with Gasteiger partial charge >= 0.3 is 11.9 Å². The highest BCUT2D eigenvalue weighted by molar-refractivity contribution is 4.99. The molecule has 112 valence electrons. The predicted octanol–water partition coefficient (Wildman–Crippen LogP) is 1.80. The first-order valence-electron chi connectivity index (χ1n) is 6.27. The number of aromatic nitrogens is 2. The Kier molecular flexibility index (Phi) is 3.53. The first-order chi connectivity index (χ1) is 9.21. The fourth-order valence-corrected chi connectivity index (χ4v) is 2.70. The van der Waals surface area contributed by atoms with Crippen molar-refractivity contribution in [2.24, 2.45) is 5.92 Å². The molecular weight excluding hydrogens is 277 g/mol. The maximum Gasteiger partial charge on any atom is 0.417 e. The molecule has 0 saturated carbocycles. The molecule has 0 bridgehead atoms. The van der Waals surface area contributed by atoms with Crippen LogP contribution >= 0.6 is 0 Å². The summed E-state index contributed by atoms with van der Waals surface area (Å²) in [6.07, 6.45) is -4.57.